The molecular formula is C19H25N5O7S. The van der Waals surface area contributed by atoms with E-state index in [2.05, 4.69) is 20.9 Å². The maximum absolute atomic E-state index is 12.1. The predicted molar refractivity (Wildman–Crippen MR) is 111 cm³/mol. The average Bonchev–Trinajstić information content (AvgIpc) is 2.68. The van der Waals surface area contributed by atoms with E-state index < -0.39 is 44.2 Å². The van der Waals surface area contributed by atoms with Gasteiger partial charge in [-0.3, -0.25) is 19.2 Å². The lowest BCUT2D eigenvalue weighted by Crippen LogP contribution is -2.41. The van der Waals surface area contributed by atoms with Gasteiger partial charge in [-0.25, -0.2) is 13.4 Å². The van der Waals surface area contributed by atoms with Crippen molar-refractivity contribution in [2.24, 2.45) is 0 Å². The number of nitrogens with zero attached hydrogens (tertiary/aromatic N) is 2. The number of carbonyl (C=O) groups excluding carboxylic acids is 4. The molecule has 0 bridgehead atoms. The second-order valence-corrected chi connectivity index (χ2v) is 9.51. The Kier molecular flexibility index (Phi) is 9.27. The summed E-state index contributed by atoms with van der Waals surface area (Å²) in [5, 5.41) is 15.5. The zero-order valence-corrected chi connectivity index (χ0v) is 19.0. The van der Waals surface area contributed by atoms with E-state index in [1.54, 1.807) is 26.8 Å². The molecular weight excluding hydrogens is 442 g/mol. The smallest absolute Gasteiger partial charge is 0.325 e. The van der Waals surface area contributed by atoms with Crippen molar-refractivity contribution < 1.29 is 32.3 Å². The summed E-state index contributed by atoms with van der Waals surface area (Å²) < 4.78 is 28.4. The number of rotatable bonds is 9. The maximum Gasteiger partial charge on any atom is 0.325 e. The Hall–Kier alpha value is -3.53. The maximum atomic E-state index is 12.1. The molecule has 0 aromatic carbocycles. The molecule has 32 heavy (non-hydrogen) atoms. The molecule has 3 amide bonds. The lowest BCUT2D eigenvalue weighted by atomic mass is 10.2. The Bertz CT molecular complexity index is 1040. The summed E-state index contributed by atoms with van der Waals surface area (Å²) in [7, 11) is -3.82. The lowest BCUT2D eigenvalue weighted by molar-refractivity contribution is -0.154. The number of nitrogens with one attached hydrogen (secondary N) is 3. The van der Waals surface area contributed by atoms with Crippen LogP contribution in [0.1, 0.15) is 43.2 Å². The standard InChI is InChI=1S/C19H25N5O7S/c1-19(2,3)31-16(27)11-23-15(26)10-22-14(25)7-8-21-17(28)13-6-5-12(9-20)18(24-13)32(4,29)30/h5-6H,7-8,10-11H2,1-4H3,(H,21,28)(H,22,25)(H,23,26). The Morgan fingerprint density at radius 2 is 1.69 bits per heavy atom. The number of hydrogen-bond donors (Lipinski definition) is 3. The summed E-state index contributed by atoms with van der Waals surface area (Å²) in [4.78, 5) is 50.8. The highest BCUT2D eigenvalue weighted by Crippen LogP contribution is 2.13. The van der Waals surface area contributed by atoms with Gasteiger partial charge >= 0.3 is 5.97 Å². The first kappa shape index (κ1) is 26.5. The number of pyridine rings is 1. The van der Waals surface area contributed by atoms with Crippen molar-refractivity contribution in [1.29, 1.82) is 5.26 Å². The Labute approximate surface area is 185 Å². The van der Waals surface area contributed by atoms with Crippen molar-refractivity contribution in [3.05, 3.63) is 23.4 Å². The van der Waals surface area contributed by atoms with Gasteiger partial charge in [-0.05, 0) is 32.9 Å². The minimum absolute atomic E-state index is 0.111. The minimum atomic E-state index is -3.82. The van der Waals surface area contributed by atoms with E-state index in [9.17, 15) is 27.6 Å². The van der Waals surface area contributed by atoms with Gasteiger partial charge < -0.3 is 20.7 Å². The molecule has 0 saturated heterocycles. The summed E-state index contributed by atoms with van der Waals surface area (Å²) in [6.07, 6.45) is 0.701. The number of aromatic nitrogens is 1. The van der Waals surface area contributed by atoms with Gasteiger partial charge in [0.25, 0.3) is 5.91 Å². The van der Waals surface area contributed by atoms with Crippen molar-refractivity contribution in [3.63, 3.8) is 0 Å². The predicted octanol–water partition coefficient (Wildman–Crippen LogP) is -0.949. The van der Waals surface area contributed by atoms with Crippen LogP contribution in [-0.2, 0) is 29.0 Å². The second-order valence-electron chi connectivity index (χ2n) is 7.58. The van der Waals surface area contributed by atoms with Gasteiger partial charge in [0.15, 0.2) is 14.9 Å². The van der Waals surface area contributed by atoms with Gasteiger partial charge in [0, 0.05) is 19.2 Å². The monoisotopic (exact) mass is 467 g/mol. The highest BCUT2D eigenvalue weighted by atomic mass is 32.2. The number of esters is 1. The fourth-order valence-electron chi connectivity index (χ4n) is 2.19. The van der Waals surface area contributed by atoms with Gasteiger partial charge in [-0.15, -0.1) is 0 Å². The molecule has 3 N–H and O–H groups in total. The SMILES string of the molecule is CC(C)(C)OC(=O)CNC(=O)CNC(=O)CCNC(=O)c1ccc(C#N)c(S(C)(=O)=O)n1. The van der Waals surface area contributed by atoms with E-state index in [1.807, 2.05) is 0 Å². The molecule has 0 radical (unpaired) electrons. The van der Waals surface area contributed by atoms with Crippen LogP contribution in [0.15, 0.2) is 17.2 Å². The van der Waals surface area contributed by atoms with Gasteiger partial charge in [0.2, 0.25) is 11.8 Å². The Morgan fingerprint density at radius 1 is 1.06 bits per heavy atom. The van der Waals surface area contributed by atoms with E-state index in [0.29, 0.717) is 0 Å². The zero-order valence-electron chi connectivity index (χ0n) is 18.1. The van der Waals surface area contributed by atoms with Crippen LogP contribution in [-0.4, -0.2) is 68.6 Å². The van der Waals surface area contributed by atoms with E-state index in [-0.39, 0.29) is 37.3 Å². The molecule has 13 heteroatoms. The summed E-state index contributed by atoms with van der Waals surface area (Å²) in [6.45, 7) is 4.24. The molecule has 1 rings (SSSR count). The van der Waals surface area contributed by atoms with Crippen molar-refractivity contribution in [3.8, 4) is 6.07 Å². The largest absolute Gasteiger partial charge is 0.459 e. The van der Waals surface area contributed by atoms with Crippen LogP contribution in [0.2, 0.25) is 0 Å². The highest BCUT2D eigenvalue weighted by molar-refractivity contribution is 7.90. The first-order valence-corrected chi connectivity index (χ1v) is 11.3. The molecule has 12 nitrogen and oxygen atoms in total. The van der Waals surface area contributed by atoms with Gasteiger partial charge in [-0.2, -0.15) is 5.26 Å². The number of sulfone groups is 1. The molecule has 174 valence electrons. The van der Waals surface area contributed by atoms with Crippen LogP contribution in [0.4, 0.5) is 0 Å². The molecule has 0 atom stereocenters. The number of amides is 3. The Morgan fingerprint density at radius 3 is 2.25 bits per heavy atom. The molecule has 0 fully saturated rings. The number of carbonyl (C=O) groups is 4. The normalized spacial score (nSPS) is 11.1. The fourth-order valence-corrected chi connectivity index (χ4v) is 2.97. The van der Waals surface area contributed by atoms with Crippen molar-refractivity contribution >= 4 is 33.5 Å². The summed E-state index contributed by atoms with van der Waals surface area (Å²) in [6, 6.07) is 4.05. The van der Waals surface area contributed by atoms with E-state index in [1.165, 1.54) is 12.1 Å². The van der Waals surface area contributed by atoms with Crippen LogP contribution < -0.4 is 16.0 Å². The molecule has 0 aliphatic heterocycles. The van der Waals surface area contributed by atoms with Crippen molar-refractivity contribution in [2.75, 3.05) is 25.9 Å². The quantitative estimate of drug-likeness (QED) is 0.385. The van der Waals surface area contributed by atoms with E-state index in [0.717, 1.165) is 6.26 Å². The molecule has 1 heterocycles. The highest BCUT2D eigenvalue weighted by Gasteiger charge is 2.19. The first-order valence-electron chi connectivity index (χ1n) is 9.37. The third kappa shape index (κ3) is 9.52. The average molecular weight is 468 g/mol. The van der Waals surface area contributed by atoms with E-state index in [4.69, 9.17) is 10.00 Å². The number of ether oxygens (including phenoxy) is 1. The number of nitriles is 1. The van der Waals surface area contributed by atoms with E-state index >= 15 is 0 Å². The van der Waals surface area contributed by atoms with Gasteiger partial charge in [0.05, 0.1) is 12.1 Å². The molecule has 0 spiro atoms. The molecule has 0 unspecified atom stereocenters. The minimum Gasteiger partial charge on any atom is -0.459 e. The molecule has 1 aromatic heterocycles. The third-order valence-electron chi connectivity index (χ3n) is 3.50. The summed E-state index contributed by atoms with van der Waals surface area (Å²) >= 11 is 0. The number of hydrogen-bond acceptors (Lipinski definition) is 9. The van der Waals surface area contributed by atoms with Crippen LogP contribution in [0.3, 0.4) is 0 Å². The van der Waals surface area contributed by atoms with Crippen LogP contribution in [0.25, 0.3) is 0 Å². The summed E-state index contributed by atoms with van der Waals surface area (Å²) in [5.41, 5.74) is -1.10. The van der Waals surface area contributed by atoms with Gasteiger partial charge in [-0.1, -0.05) is 0 Å². The topological polar surface area (TPSA) is 184 Å². The molecule has 1 aromatic rings. The zero-order chi connectivity index (χ0) is 24.5. The van der Waals surface area contributed by atoms with Gasteiger partial charge in [0.1, 0.15) is 23.9 Å². The summed E-state index contributed by atoms with van der Waals surface area (Å²) in [5.74, 6) is -2.48. The third-order valence-corrected chi connectivity index (χ3v) is 4.51. The molecule has 0 aliphatic carbocycles. The second kappa shape index (κ2) is 11.2. The molecule has 0 aliphatic rings. The fraction of sp³-hybridized carbons (Fsp3) is 0.474. The lowest BCUT2D eigenvalue weighted by Gasteiger charge is -2.19. The van der Waals surface area contributed by atoms with Crippen LogP contribution in [0.5, 0.6) is 0 Å². The first-order chi connectivity index (χ1) is 14.7. The van der Waals surface area contributed by atoms with Crippen LogP contribution in [0, 0.1) is 11.3 Å². The molecule has 0 saturated carbocycles. The van der Waals surface area contributed by atoms with Crippen molar-refractivity contribution in [2.45, 2.75) is 37.8 Å². The van der Waals surface area contributed by atoms with Crippen molar-refractivity contribution in [1.82, 2.24) is 20.9 Å². The van der Waals surface area contributed by atoms with Crippen LogP contribution >= 0.6 is 0 Å². The Balaban J connectivity index is 2.44.